The fourth-order valence-corrected chi connectivity index (χ4v) is 4.44. The van der Waals surface area contributed by atoms with E-state index in [1.54, 1.807) is 55.6 Å². The average Bonchev–Trinajstić information content (AvgIpc) is 3.34. The van der Waals surface area contributed by atoms with E-state index in [-0.39, 0.29) is 11.3 Å². The van der Waals surface area contributed by atoms with Crippen molar-refractivity contribution in [1.29, 1.82) is 0 Å². The van der Waals surface area contributed by atoms with Crippen LogP contribution in [-0.2, 0) is 11.8 Å². The highest BCUT2D eigenvalue weighted by atomic mass is 32.2. The number of ether oxygens (including phenoxy) is 2. The predicted molar refractivity (Wildman–Crippen MR) is 117 cm³/mol. The number of hydrogen-bond acceptors (Lipinski definition) is 7. The first-order chi connectivity index (χ1) is 16.0. The number of fused-ring (bicyclic) bond motifs is 1. The van der Waals surface area contributed by atoms with Crippen molar-refractivity contribution in [2.24, 2.45) is 7.05 Å². The summed E-state index contributed by atoms with van der Waals surface area (Å²) >= 11 is 1.58. The molecule has 12 heteroatoms. The van der Waals surface area contributed by atoms with Gasteiger partial charge in [0.25, 0.3) is 5.91 Å². The van der Waals surface area contributed by atoms with Gasteiger partial charge in [-0.15, -0.1) is 11.8 Å². The van der Waals surface area contributed by atoms with Crippen molar-refractivity contribution in [2.75, 3.05) is 18.5 Å². The number of aryl methyl sites for hydroxylation is 1. The van der Waals surface area contributed by atoms with E-state index >= 15 is 0 Å². The molecule has 0 bridgehead atoms. The maximum Gasteiger partial charge on any atom is 0.387 e. The molecule has 4 heterocycles. The van der Waals surface area contributed by atoms with Crippen LogP contribution in [0.2, 0.25) is 0 Å². The monoisotopic (exact) mass is 472 g/mol. The number of rotatable bonds is 7. The summed E-state index contributed by atoms with van der Waals surface area (Å²) < 4.78 is 39.1. The third kappa shape index (κ3) is 4.39. The molecule has 170 valence electrons. The molecule has 1 aliphatic rings. The summed E-state index contributed by atoms with van der Waals surface area (Å²) in [5, 5.41) is 11.6. The molecule has 0 unspecified atom stereocenters. The third-order valence-corrected chi connectivity index (χ3v) is 6.06. The van der Waals surface area contributed by atoms with Crippen LogP contribution in [0, 0.1) is 0 Å². The van der Waals surface area contributed by atoms with Gasteiger partial charge in [-0.3, -0.25) is 9.48 Å². The summed E-state index contributed by atoms with van der Waals surface area (Å²) in [5.41, 5.74) is 1.64. The van der Waals surface area contributed by atoms with Crippen LogP contribution in [0.15, 0.2) is 53.9 Å². The standard InChI is InChI=1S/C21H18F2N6O3S/c1-28-9-16(26-20(30)15-8-25-29-6-2-5-24-19(15)29)18(27-28)14-7-12(33-13-10-31-11-13)3-4-17(14)32-21(22)23/h2-9,13,21H,10-11H2,1H3,(H,26,30). The molecule has 1 amide bonds. The maximum absolute atomic E-state index is 13.1. The Labute approximate surface area is 190 Å². The molecule has 0 atom stereocenters. The Balaban J connectivity index is 1.50. The molecule has 1 N–H and O–H groups in total. The fraction of sp³-hybridized carbons (Fsp3) is 0.238. The van der Waals surface area contributed by atoms with E-state index in [4.69, 9.17) is 9.47 Å². The topological polar surface area (TPSA) is 95.6 Å². The van der Waals surface area contributed by atoms with Gasteiger partial charge in [-0.2, -0.15) is 19.0 Å². The van der Waals surface area contributed by atoms with Crippen LogP contribution in [-0.4, -0.2) is 55.4 Å². The number of anilines is 1. The van der Waals surface area contributed by atoms with Gasteiger partial charge in [0.15, 0.2) is 5.65 Å². The predicted octanol–water partition coefficient (Wildman–Crippen LogP) is 3.47. The van der Waals surface area contributed by atoms with Crippen LogP contribution in [0.5, 0.6) is 5.75 Å². The summed E-state index contributed by atoms with van der Waals surface area (Å²) in [6, 6.07) is 6.64. The molecule has 0 radical (unpaired) electrons. The minimum absolute atomic E-state index is 0.0361. The van der Waals surface area contributed by atoms with Crippen molar-refractivity contribution in [1.82, 2.24) is 24.4 Å². The third-order valence-electron chi connectivity index (χ3n) is 4.93. The van der Waals surface area contributed by atoms with Crippen LogP contribution >= 0.6 is 11.8 Å². The maximum atomic E-state index is 13.1. The van der Waals surface area contributed by atoms with Crippen LogP contribution in [0.25, 0.3) is 16.9 Å². The van der Waals surface area contributed by atoms with Crippen molar-refractivity contribution in [3.8, 4) is 17.0 Å². The number of carbonyl (C=O) groups excluding carboxylic acids is 1. The second-order valence-corrected chi connectivity index (χ2v) is 8.65. The molecule has 9 nitrogen and oxygen atoms in total. The minimum atomic E-state index is -3.01. The van der Waals surface area contributed by atoms with Gasteiger partial charge in [-0.25, -0.2) is 9.50 Å². The largest absolute Gasteiger partial charge is 0.434 e. The zero-order valence-electron chi connectivity index (χ0n) is 17.3. The van der Waals surface area contributed by atoms with Gasteiger partial charge < -0.3 is 14.8 Å². The van der Waals surface area contributed by atoms with Gasteiger partial charge >= 0.3 is 6.61 Å². The molecule has 1 fully saturated rings. The van der Waals surface area contributed by atoms with Crippen molar-refractivity contribution in [2.45, 2.75) is 16.8 Å². The zero-order valence-corrected chi connectivity index (χ0v) is 18.1. The van der Waals surface area contributed by atoms with Crippen molar-refractivity contribution < 1.29 is 23.0 Å². The molecule has 0 saturated carbocycles. The number of nitrogens with one attached hydrogen (secondary N) is 1. The van der Waals surface area contributed by atoms with Crippen LogP contribution in [0.3, 0.4) is 0 Å². The molecule has 0 aliphatic carbocycles. The van der Waals surface area contributed by atoms with Crippen molar-refractivity contribution >= 4 is 29.0 Å². The Hall–Kier alpha value is -3.51. The molecule has 4 aromatic rings. The number of halogens is 2. The van der Waals surface area contributed by atoms with Gasteiger partial charge in [-0.05, 0) is 24.3 Å². The number of hydrogen-bond donors (Lipinski definition) is 1. The van der Waals surface area contributed by atoms with E-state index < -0.39 is 12.5 Å². The van der Waals surface area contributed by atoms with E-state index in [1.807, 2.05) is 0 Å². The van der Waals surface area contributed by atoms with Crippen molar-refractivity contribution in [3.63, 3.8) is 0 Å². The Morgan fingerprint density at radius 3 is 2.97 bits per heavy atom. The number of amides is 1. The average molecular weight is 472 g/mol. The number of alkyl halides is 2. The second-order valence-electron chi connectivity index (χ2n) is 7.28. The van der Waals surface area contributed by atoms with E-state index in [0.29, 0.717) is 41.1 Å². The lowest BCUT2D eigenvalue weighted by Gasteiger charge is -2.25. The number of carbonyl (C=O) groups is 1. The lowest BCUT2D eigenvalue weighted by Crippen LogP contribution is -2.29. The fourth-order valence-electron chi connectivity index (χ4n) is 3.40. The van der Waals surface area contributed by atoms with E-state index in [1.165, 1.54) is 21.5 Å². The highest BCUT2D eigenvalue weighted by molar-refractivity contribution is 8.00. The highest BCUT2D eigenvalue weighted by Gasteiger charge is 2.24. The lowest BCUT2D eigenvalue weighted by atomic mass is 10.1. The minimum Gasteiger partial charge on any atom is -0.434 e. The first kappa shape index (κ1) is 21.3. The van der Waals surface area contributed by atoms with Crippen molar-refractivity contribution in [3.05, 3.63) is 54.6 Å². The normalized spacial score (nSPS) is 13.9. The summed E-state index contributed by atoms with van der Waals surface area (Å²) in [4.78, 5) is 18.0. The second kappa shape index (κ2) is 8.79. The van der Waals surface area contributed by atoms with Gasteiger partial charge in [0.1, 0.15) is 17.0 Å². The molecule has 5 rings (SSSR count). The van der Waals surface area contributed by atoms with E-state index in [9.17, 15) is 13.6 Å². The summed E-state index contributed by atoms with van der Waals surface area (Å²) in [5.74, 6) is -0.488. The van der Waals surface area contributed by atoms with Crippen LogP contribution in [0.4, 0.5) is 14.5 Å². The Morgan fingerprint density at radius 1 is 1.36 bits per heavy atom. The van der Waals surface area contributed by atoms with Gasteiger partial charge in [-0.1, -0.05) is 0 Å². The molecule has 3 aromatic heterocycles. The first-order valence-corrected chi connectivity index (χ1v) is 10.8. The Kier molecular flexibility index (Phi) is 5.68. The molecule has 1 saturated heterocycles. The Morgan fingerprint density at radius 2 is 2.21 bits per heavy atom. The zero-order chi connectivity index (χ0) is 22.9. The molecular formula is C21H18F2N6O3S. The molecule has 33 heavy (non-hydrogen) atoms. The summed E-state index contributed by atoms with van der Waals surface area (Å²) in [6.07, 6.45) is 6.25. The molecular weight excluding hydrogens is 454 g/mol. The van der Waals surface area contributed by atoms with E-state index in [2.05, 4.69) is 20.5 Å². The quantitative estimate of drug-likeness (QED) is 0.440. The van der Waals surface area contributed by atoms with Gasteiger partial charge in [0.05, 0.1) is 30.3 Å². The Bertz CT molecular complexity index is 1320. The van der Waals surface area contributed by atoms with E-state index in [0.717, 1.165) is 4.90 Å². The number of nitrogens with zero attached hydrogens (tertiary/aromatic N) is 5. The first-order valence-electron chi connectivity index (χ1n) is 9.95. The van der Waals surface area contributed by atoms with Gasteiger partial charge in [0, 0.05) is 36.1 Å². The number of thioether (sulfide) groups is 1. The summed E-state index contributed by atoms with van der Waals surface area (Å²) in [7, 11) is 1.67. The molecule has 0 spiro atoms. The number of benzene rings is 1. The number of aromatic nitrogens is 5. The van der Waals surface area contributed by atoms with Gasteiger partial charge in [0.2, 0.25) is 0 Å². The smallest absolute Gasteiger partial charge is 0.387 e. The lowest BCUT2D eigenvalue weighted by molar-refractivity contribution is -0.0494. The molecule has 1 aliphatic heterocycles. The van der Waals surface area contributed by atoms with Crippen LogP contribution < -0.4 is 10.1 Å². The SMILES string of the molecule is Cn1cc(NC(=O)c2cnn3cccnc23)c(-c2cc(SC3COC3)ccc2OC(F)F)n1. The van der Waals surface area contributed by atoms with Crippen LogP contribution in [0.1, 0.15) is 10.4 Å². The molecule has 1 aromatic carbocycles. The highest BCUT2D eigenvalue weighted by Crippen LogP contribution is 2.39. The summed E-state index contributed by atoms with van der Waals surface area (Å²) in [6.45, 7) is -1.74.